The van der Waals surface area contributed by atoms with Gasteiger partial charge in [0.25, 0.3) is 0 Å². The average Bonchev–Trinajstić information content (AvgIpc) is 2.45. The molecule has 2 nitrogen and oxygen atoms in total. The first-order valence-electron chi connectivity index (χ1n) is 7.27. The van der Waals surface area contributed by atoms with Gasteiger partial charge in [-0.3, -0.25) is 4.79 Å². The second-order valence-electron chi connectivity index (χ2n) is 6.07. The fourth-order valence-electron chi connectivity index (χ4n) is 2.98. The van der Waals surface area contributed by atoms with Crippen LogP contribution >= 0.6 is 0 Å². The quantitative estimate of drug-likeness (QED) is 0.554. The summed E-state index contributed by atoms with van der Waals surface area (Å²) in [7, 11) is 0. The summed E-state index contributed by atoms with van der Waals surface area (Å²) in [6, 6.07) is 3.91. The second-order valence-corrected chi connectivity index (χ2v) is 6.07. The minimum absolute atomic E-state index is 0.0815. The fourth-order valence-corrected chi connectivity index (χ4v) is 2.98. The molecule has 0 aliphatic rings. The van der Waals surface area contributed by atoms with Crippen LogP contribution in [0.3, 0.4) is 0 Å². The molecule has 2 heteroatoms. The lowest BCUT2D eigenvalue weighted by Crippen LogP contribution is -2.08. The van der Waals surface area contributed by atoms with Gasteiger partial charge in [0.1, 0.15) is 11.2 Å². The molecule has 1 aromatic heterocycles. The first-order chi connectivity index (χ1) is 9.82. The molecule has 108 valence electrons. The number of aryl methyl sites for hydroxylation is 4. The predicted molar refractivity (Wildman–Crippen MR) is 88.4 cm³/mol. The van der Waals surface area contributed by atoms with E-state index in [2.05, 4.69) is 13.8 Å². The minimum Gasteiger partial charge on any atom is -0.456 e. The van der Waals surface area contributed by atoms with Crippen LogP contribution in [0.5, 0.6) is 0 Å². The lowest BCUT2D eigenvalue weighted by molar-refractivity contribution is 0.655. The number of benzene rings is 2. The highest BCUT2D eigenvalue weighted by atomic mass is 16.3. The van der Waals surface area contributed by atoms with E-state index in [-0.39, 0.29) is 5.43 Å². The second kappa shape index (κ2) is 4.45. The Balaban J connectivity index is 2.67. The molecule has 0 atom stereocenters. The smallest absolute Gasteiger partial charge is 0.200 e. The van der Waals surface area contributed by atoms with Gasteiger partial charge < -0.3 is 4.42 Å². The van der Waals surface area contributed by atoms with E-state index in [0.29, 0.717) is 11.0 Å². The highest BCUT2D eigenvalue weighted by Crippen LogP contribution is 2.30. The Labute approximate surface area is 124 Å². The van der Waals surface area contributed by atoms with Gasteiger partial charge in [0.05, 0.1) is 10.8 Å². The van der Waals surface area contributed by atoms with Crippen molar-refractivity contribution in [2.45, 2.75) is 41.5 Å². The minimum atomic E-state index is 0.0815. The normalized spacial score (nSPS) is 11.5. The van der Waals surface area contributed by atoms with E-state index in [1.165, 1.54) is 11.1 Å². The lowest BCUT2D eigenvalue weighted by atomic mass is 9.94. The molecule has 1 heterocycles. The molecule has 0 spiro atoms. The van der Waals surface area contributed by atoms with Gasteiger partial charge in [0.2, 0.25) is 5.43 Å². The molecule has 3 aromatic rings. The van der Waals surface area contributed by atoms with E-state index in [4.69, 9.17) is 4.42 Å². The topological polar surface area (TPSA) is 30.2 Å². The van der Waals surface area contributed by atoms with Crippen LogP contribution in [0.2, 0.25) is 0 Å². The van der Waals surface area contributed by atoms with Crippen molar-refractivity contribution in [1.82, 2.24) is 0 Å². The third-order valence-corrected chi connectivity index (χ3v) is 4.91. The summed E-state index contributed by atoms with van der Waals surface area (Å²) < 4.78 is 6.11. The van der Waals surface area contributed by atoms with Gasteiger partial charge in [-0.2, -0.15) is 0 Å². The summed E-state index contributed by atoms with van der Waals surface area (Å²) in [5.41, 5.74) is 8.22. The summed E-state index contributed by atoms with van der Waals surface area (Å²) in [6.45, 7) is 12.3. The van der Waals surface area contributed by atoms with Crippen LogP contribution in [0, 0.1) is 41.5 Å². The Morgan fingerprint density at radius 2 is 1.33 bits per heavy atom. The summed E-state index contributed by atoms with van der Waals surface area (Å²) in [5.74, 6) is 0. The zero-order chi connectivity index (χ0) is 15.5. The standard InChI is InChI=1S/C19H20O2/c1-9-7-15-16(8-10(9)2)21-19-14(6)12(4)11(3)13(5)17(19)18(15)20/h7-8H,1-6H3. The summed E-state index contributed by atoms with van der Waals surface area (Å²) in [4.78, 5) is 12.9. The van der Waals surface area contributed by atoms with Crippen molar-refractivity contribution in [3.63, 3.8) is 0 Å². The van der Waals surface area contributed by atoms with E-state index in [0.717, 1.165) is 33.2 Å². The van der Waals surface area contributed by atoms with Crippen molar-refractivity contribution in [2.24, 2.45) is 0 Å². The molecule has 0 fully saturated rings. The molecule has 0 N–H and O–H groups in total. The van der Waals surface area contributed by atoms with Crippen LogP contribution in [-0.2, 0) is 0 Å². The van der Waals surface area contributed by atoms with Gasteiger partial charge in [0.15, 0.2) is 0 Å². The zero-order valence-electron chi connectivity index (χ0n) is 13.5. The predicted octanol–water partition coefficient (Wildman–Crippen LogP) is 4.80. The Bertz CT molecular complexity index is 959. The largest absolute Gasteiger partial charge is 0.456 e. The molecular formula is C19H20O2. The molecule has 0 saturated heterocycles. The Hall–Kier alpha value is -2.09. The third-order valence-electron chi connectivity index (χ3n) is 4.91. The van der Waals surface area contributed by atoms with E-state index in [9.17, 15) is 4.79 Å². The number of hydrogen-bond acceptors (Lipinski definition) is 2. The Morgan fingerprint density at radius 3 is 2.00 bits per heavy atom. The zero-order valence-corrected chi connectivity index (χ0v) is 13.5. The molecule has 3 rings (SSSR count). The van der Waals surface area contributed by atoms with Crippen molar-refractivity contribution < 1.29 is 4.42 Å². The van der Waals surface area contributed by atoms with Crippen LogP contribution in [0.25, 0.3) is 21.9 Å². The number of fused-ring (bicyclic) bond motifs is 2. The molecule has 0 bridgehead atoms. The maximum Gasteiger partial charge on any atom is 0.200 e. The van der Waals surface area contributed by atoms with Crippen LogP contribution in [0.1, 0.15) is 33.4 Å². The van der Waals surface area contributed by atoms with Gasteiger partial charge in [-0.05, 0) is 87.1 Å². The van der Waals surface area contributed by atoms with Gasteiger partial charge >= 0.3 is 0 Å². The Kier molecular flexibility index (Phi) is 2.94. The third kappa shape index (κ3) is 1.82. The maximum atomic E-state index is 12.9. The van der Waals surface area contributed by atoms with Crippen molar-refractivity contribution >= 4 is 21.9 Å². The summed E-state index contributed by atoms with van der Waals surface area (Å²) >= 11 is 0. The molecule has 0 aliphatic heterocycles. The molecule has 0 radical (unpaired) electrons. The monoisotopic (exact) mass is 280 g/mol. The first-order valence-corrected chi connectivity index (χ1v) is 7.27. The van der Waals surface area contributed by atoms with E-state index in [1.807, 2.05) is 39.8 Å². The molecule has 0 amide bonds. The number of hydrogen-bond donors (Lipinski definition) is 0. The number of rotatable bonds is 0. The Morgan fingerprint density at radius 1 is 0.762 bits per heavy atom. The fraction of sp³-hybridized carbons (Fsp3) is 0.316. The summed E-state index contributed by atoms with van der Waals surface area (Å²) in [6.07, 6.45) is 0. The van der Waals surface area contributed by atoms with E-state index < -0.39 is 0 Å². The van der Waals surface area contributed by atoms with Crippen molar-refractivity contribution in [3.8, 4) is 0 Å². The molecule has 0 unspecified atom stereocenters. The first kappa shape index (κ1) is 13.9. The maximum absolute atomic E-state index is 12.9. The van der Waals surface area contributed by atoms with Crippen molar-refractivity contribution in [2.75, 3.05) is 0 Å². The van der Waals surface area contributed by atoms with E-state index in [1.54, 1.807) is 0 Å². The van der Waals surface area contributed by atoms with Crippen LogP contribution in [-0.4, -0.2) is 0 Å². The van der Waals surface area contributed by atoms with Crippen LogP contribution in [0.15, 0.2) is 21.3 Å². The van der Waals surface area contributed by atoms with Crippen LogP contribution < -0.4 is 5.43 Å². The highest BCUT2D eigenvalue weighted by Gasteiger charge is 2.16. The lowest BCUT2D eigenvalue weighted by Gasteiger charge is -2.13. The van der Waals surface area contributed by atoms with Gasteiger partial charge in [-0.25, -0.2) is 0 Å². The summed E-state index contributed by atoms with van der Waals surface area (Å²) in [5, 5.41) is 1.41. The highest BCUT2D eigenvalue weighted by molar-refractivity contribution is 5.94. The average molecular weight is 280 g/mol. The molecule has 0 aliphatic carbocycles. The molecule has 2 aromatic carbocycles. The van der Waals surface area contributed by atoms with Gasteiger partial charge in [-0.1, -0.05) is 0 Å². The van der Waals surface area contributed by atoms with Crippen molar-refractivity contribution in [1.29, 1.82) is 0 Å². The molecular weight excluding hydrogens is 260 g/mol. The molecule has 21 heavy (non-hydrogen) atoms. The van der Waals surface area contributed by atoms with Crippen LogP contribution in [0.4, 0.5) is 0 Å². The van der Waals surface area contributed by atoms with Crippen molar-refractivity contribution in [3.05, 3.63) is 55.7 Å². The van der Waals surface area contributed by atoms with E-state index >= 15 is 0 Å². The SMILES string of the molecule is Cc1cc2oc3c(C)c(C)c(C)c(C)c3c(=O)c2cc1C. The van der Waals surface area contributed by atoms with Gasteiger partial charge in [0, 0.05) is 0 Å². The van der Waals surface area contributed by atoms with Gasteiger partial charge in [-0.15, -0.1) is 0 Å². The molecule has 0 saturated carbocycles.